The smallest absolute Gasteiger partial charge is 0.319 e. The third-order valence-corrected chi connectivity index (χ3v) is 4.72. The van der Waals surface area contributed by atoms with Gasteiger partial charge in [-0.3, -0.25) is 0 Å². The predicted octanol–water partition coefficient (Wildman–Crippen LogP) is 2.94. The number of hydrogen-bond acceptors (Lipinski definition) is 4. The maximum atomic E-state index is 12.2. The highest BCUT2D eigenvalue weighted by molar-refractivity contribution is 7.90. The molecule has 0 fully saturated rings. The SMILES string of the molecule is Cc1ccccc1CC(C)(C)NC(=O)Nc1ccc(S(C)(=O)=O)nc1. The van der Waals surface area contributed by atoms with E-state index in [9.17, 15) is 13.2 Å². The molecule has 7 heteroatoms. The Labute approximate surface area is 148 Å². The van der Waals surface area contributed by atoms with Gasteiger partial charge in [0, 0.05) is 11.8 Å². The highest BCUT2D eigenvalue weighted by Crippen LogP contribution is 2.17. The Morgan fingerprint density at radius 2 is 1.84 bits per heavy atom. The lowest BCUT2D eigenvalue weighted by Crippen LogP contribution is -2.47. The summed E-state index contributed by atoms with van der Waals surface area (Å²) in [7, 11) is -3.35. The summed E-state index contributed by atoms with van der Waals surface area (Å²) in [5.74, 6) is 0. The van der Waals surface area contributed by atoms with Gasteiger partial charge >= 0.3 is 6.03 Å². The van der Waals surface area contributed by atoms with Crippen LogP contribution in [0.3, 0.4) is 0 Å². The van der Waals surface area contributed by atoms with E-state index in [-0.39, 0.29) is 11.1 Å². The van der Waals surface area contributed by atoms with Crippen molar-refractivity contribution < 1.29 is 13.2 Å². The van der Waals surface area contributed by atoms with E-state index in [1.807, 2.05) is 45.0 Å². The van der Waals surface area contributed by atoms with E-state index < -0.39 is 15.4 Å². The number of rotatable bonds is 5. The van der Waals surface area contributed by atoms with Crippen molar-refractivity contribution in [3.63, 3.8) is 0 Å². The van der Waals surface area contributed by atoms with Crippen molar-refractivity contribution >= 4 is 21.6 Å². The molecule has 0 saturated carbocycles. The van der Waals surface area contributed by atoms with Crippen molar-refractivity contribution in [3.8, 4) is 0 Å². The third-order valence-electron chi connectivity index (χ3n) is 3.72. The topological polar surface area (TPSA) is 88.2 Å². The number of carbonyl (C=O) groups excluding carboxylic acids is 1. The molecule has 1 heterocycles. The van der Waals surface area contributed by atoms with Crippen LogP contribution in [0.4, 0.5) is 10.5 Å². The van der Waals surface area contributed by atoms with Gasteiger partial charge in [-0.2, -0.15) is 0 Å². The Balaban J connectivity index is 2.00. The fraction of sp³-hybridized carbons (Fsp3) is 0.333. The molecule has 6 nitrogen and oxygen atoms in total. The average molecular weight is 361 g/mol. The lowest BCUT2D eigenvalue weighted by molar-refractivity contribution is 0.241. The van der Waals surface area contributed by atoms with E-state index in [0.717, 1.165) is 6.26 Å². The minimum absolute atomic E-state index is 0.0293. The average Bonchev–Trinajstić information content (AvgIpc) is 2.48. The molecule has 2 aromatic rings. The van der Waals surface area contributed by atoms with Gasteiger partial charge in [-0.05, 0) is 50.5 Å². The third kappa shape index (κ3) is 5.56. The zero-order valence-corrected chi connectivity index (χ0v) is 15.6. The van der Waals surface area contributed by atoms with E-state index >= 15 is 0 Å². The molecule has 134 valence electrons. The number of benzene rings is 1. The number of anilines is 1. The minimum atomic E-state index is -3.35. The molecule has 1 aromatic heterocycles. The summed E-state index contributed by atoms with van der Waals surface area (Å²) in [6, 6.07) is 10.6. The first kappa shape index (κ1) is 18.9. The number of aryl methyl sites for hydroxylation is 1. The fourth-order valence-corrected chi connectivity index (χ4v) is 3.03. The number of amides is 2. The molecule has 0 spiro atoms. The van der Waals surface area contributed by atoms with E-state index in [4.69, 9.17) is 0 Å². The second-order valence-electron chi connectivity index (χ2n) is 6.72. The number of urea groups is 1. The first-order valence-electron chi connectivity index (χ1n) is 7.87. The summed E-state index contributed by atoms with van der Waals surface area (Å²) < 4.78 is 22.8. The number of aromatic nitrogens is 1. The van der Waals surface area contributed by atoms with Crippen LogP contribution in [-0.4, -0.2) is 31.2 Å². The van der Waals surface area contributed by atoms with E-state index in [0.29, 0.717) is 12.1 Å². The summed E-state index contributed by atoms with van der Waals surface area (Å²) in [4.78, 5) is 16.1. The van der Waals surface area contributed by atoms with Crippen molar-refractivity contribution in [2.24, 2.45) is 0 Å². The molecule has 0 radical (unpaired) electrons. The van der Waals surface area contributed by atoms with Gasteiger partial charge in [0.25, 0.3) is 0 Å². The van der Waals surface area contributed by atoms with Crippen molar-refractivity contribution in [1.29, 1.82) is 0 Å². The van der Waals surface area contributed by atoms with Crippen molar-refractivity contribution in [1.82, 2.24) is 10.3 Å². The maximum absolute atomic E-state index is 12.2. The van der Waals surface area contributed by atoms with E-state index in [2.05, 4.69) is 15.6 Å². The summed E-state index contributed by atoms with van der Waals surface area (Å²) >= 11 is 0. The molecule has 2 N–H and O–H groups in total. The van der Waals surface area contributed by atoms with Gasteiger partial charge in [0.05, 0.1) is 11.9 Å². The Morgan fingerprint density at radius 1 is 1.16 bits per heavy atom. The molecular weight excluding hydrogens is 338 g/mol. The van der Waals surface area contributed by atoms with Crippen LogP contribution in [-0.2, 0) is 16.3 Å². The van der Waals surface area contributed by atoms with Crippen LogP contribution in [0.1, 0.15) is 25.0 Å². The van der Waals surface area contributed by atoms with Gasteiger partial charge in [0.2, 0.25) is 0 Å². The highest BCUT2D eigenvalue weighted by atomic mass is 32.2. The number of nitrogens with one attached hydrogen (secondary N) is 2. The normalized spacial score (nSPS) is 11.8. The Bertz CT molecular complexity index is 859. The lowest BCUT2D eigenvalue weighted by Gasteiger charge is -2.27. The highest BCUT2D eigenvalue weighted by Gasteiger charge is 2.22. The molecule has 0 aliphatic carbocycles. The molecule has 2 amide bonds. The summed E-state index contributed by atoms with van der Waals surface area (Å²) in [6.45, 7) is 5.94. The molecule has 0 aliphatic rings. The molecule has 0 bridgehead atoms. The minimum Gasteiger partial charge on any atom is -0.333 e. The van der Waals surface area contributed by atoms with E-state index in [1.54, 1.807) is 0 Å². The van der Waals surface area contributed by atoms with Crippen LogP contribution in [0, 0.1) is 6.92 Å². The molecule has 1 aromatic carbocycles. The number of pyridine rings is 1. The predicted molar refractivity (Wildman–Crippen MR) is 98.5 cm³/mol. The molecule has 0 aliphatic heterocycles. The molecule has 0 saturated heterocycles. The van der Waals surface area contributed by atoms with Gasteiger partial charge in [0.15, 0.2) is 14.9 Å². The molecular formula is C18H23N3O3S. The van der Waals surface area contributed by atoms with Crippen molar-refractivity contribution in [2.45, 2.75) is 37.8 Å². The standard InChI is InChI=1S/C18H23N3O3S/c1-13-7-5-6-8-14(13)11-18(2,3)21-17(22)20-15-9-10-16(19-12-15)25(4,23)24/h5-10,12H,11H2,1-4H3,(H2,20,21,22). The van der Waals surface area contributed by atoms with Crippen LogP contribution in [0.25, 0.3) is 0 Å². The second-order valence-corrected chi connectivity index (χ2v) is 8.69. The Morgan fingerprint density at radius 3 is 2.40 bits per heavy atom. The van der Waals surface area contributed by atoms with Crippen LogP contribution in [0.15, 0.2) is 47.6 Å². The van der Waals surface area contributed by atoms with E-state index in [1.165, 1.54) is 29.5 Å². The van der Waals surface area contributed by atoms with Gasteiger partial charge in [-0.1, -0.05) is 24.3 Å². The largest absolute Gasteiger partial charge is 0.333 e. The van der Waals surface area contributed by atoms with Crippen molar-refractivity contribution in [2.75, 3.05) is 11.6 Å². The van der Waals surface area contributed by atoms with Crippen molar-refractivity contribution in [3.05, 3.63) is 53.7 Å². The fourth-order valence-electron chi connectivity index (χ4n) is 2.47. The summed E-state index contributed by atoms with van der Waals surface area (Å²) in [5.41, 5.74) is 2.33. The Kier molecular flexibility index (Phi) is 5.47. The first-order valence-corrected chi connectivity index (χ1v) is 9.76. The van der Waals surface area contributed by atoms with Crippen LogP contribution in [0.5, 0.6) is 0 Å². The molecule has 2 rings (SSSR count). The van der Waals surface area contributed by atoms with Gasteiger partial charge < -0.3 is 10.6 Å². The number of hydrogen-bond donors (Lipinski definition) is 2. The first-order chi connectivity index (χ1) is 11.6. The summed E-state index contributed by atoms with van der Waals surface area (Å²) in [6.07, 6.45) is 3.10. The van der Waals surface area contributed by atoms with Gasteiger partial charge in [-0.25, -0.2) is 18.2 Å². The van der Waals surface area contributed by atoms with Crippen LogP contribution in [0.2, 0.25) is 0 Å². The second kappa shape index (κ2) is 7.23. The number of carbonyl (C=O) groups is 1. The zero-order chi connectivity index (χ0) is 18.7. The molecule has 0 unspecified atom stereocenters. The summed E-state index contributed by atoms with van der Waals surface area (Å²) in [5, 5.41) is 5.57. The monoisotopic (exact) mass is 361 g/mol. The van der Waals surface area contributed by atoms with Gasteiger partial charge in [-0.15, -0.1) is 0 Å². The number of nitrogens with zero attached hydrogens (tertiary/aromatic N) is 1. The molecule has 25 heavy (non-hydrogen) atoms. The molecule has 0 atom stereocenters. The lowest BCUT2D eigenvalue weighted by atomic mass is 9.92. The van der Waals surface area contributed by atoms with Crippen LogP contribution < -0.4 is 10.6 Å². The quantitative estimate of drug-likeness (QED) is 0.857. The van der Waals surface area contributed by atoms with Crippen LogP contribution >= 0.6 is 0 Å². The maximum Gasteiger partial charge on any atom is 0.319 e. The number of sulfone groups is 1. The zero-order valence-electron chi connectivity index (χ0n) is 14.8. The Hall–Kier alpha value is -2.41. The van der Waals surface area contributed by atoms with Gasteiger partial charge in [0.1, 0.15) is 0 Å².